The summed E-state index contributed by atoms with van der Waals surface area (Å²) >= 11 is 0. The summed E-state index contributed by atoms with van der Waals surface area (Å²) < 4.78 is 0. The average Bonchev–Trinajstić information content (AvgIpc) is 2.95. The highest BCUT2D eigenvalue weighted by atomic mass is 16.5. The van der Waals surface area contributed by atoms with Crippen molar-refractivity contribution in [3.8, 4) is 0 Å². The minimum Gasteiger partial charge on any atom is -0.344 e. The fraction of sp³-hybridized carbons (Fsp3) is 0.545. The van der Waals surface area contributed by atoms with E-state index >= 15 is 0 Å². The van der Waals surface area contributed by atoms with Gasteiger partial charge in [0.25, 0.3) is 0 Å². The van der Waals surface area contributed by atoms with E-state index in [9.17, 15) is 14.4 Å². The van der Waals surface area contributed by atoms with Crippen LogP contribution < -0.4 is 16.1 Å². The van der Waals surface area contributed by atoms with Crippen molar-refractivity contribution < 1.29 is 19.6 Å². The molecule has 0 bridgehead atoms. The Morgan fingerprint density at radius 1 is 0.725 bits per heavy atom. The molecule has 0 unspecified atom stereocenters. The van der Waals surface area contributed by atoms with Crippen LogP contribution in [-0.2, 0) is 14.4 Å². The normalized spacial score (nSPS) is 12.9. The minimum absolute atomic E-state index is 0.131. The Morgan fingerprint density at radius 2 is 1.23 bits per heavy atom. The Hall–Kier alpha value is -3.19. The van der Waals surface area contributed by atoms with Gasteiger partial charge >= 0.3 is 0 Å². The second kappa shape index (κ2) is 17.5. The first-order valence-corrected chi connectivity index (χ1v) is 14.8. The molecule has 0 aliphatic heterocycles. The van der Waals surface area contributed by atoms with Gasteiger partial charge in [-0.3, -0.25) is 19.6 Å². The number of hydrogen-bond acceptors (Lipinski definition) is 4. The van der Waals surface area contributed by atoms with Crippen LogP contribution in [0.2, 0.25) is 0 Å². The second-order valence-electron chi connectivity index (χ2n) is 11.8. The number of carbonyl (C=O) groups excluding carboxylic acids is 3. The van der Waals surface area contributed by atoms with Gasteiger partial charge in [0, 0.05) is 12.3 Å². The van der Waals surface area contributed by atoms with Crippen LogP contribution in [0.15, 0.2) is 60.7 Å². The van der Waals surface area contributed by atoms with Gasteiger partial charge in [-0.25, -0.2) is 5.48 Å². The van der Waals surface area contributed by atoms with Gasteiger partial charge in [-0.05, 0) is 23.0 Å². The van der Waals surface area contributed by atoms with Gasteiger partial charge < -0.3 is 10.6 Å². The maximum absolute atomic E-state index is 13.7. The van der Waals surface area contributed by atoms with E-state index in [2.05, 4.69) is 17.6 Å². The molecule has 4 N–H and O–H groups in total. The summed E-state index contributed by atoms with van der Waals surface area (Å²) in [6.07, 6.45) is 9.40. The number of nitrogens with one attached hydrogen (secondary N) is 3. The van der Waals surface area contributed by atoms with E-state index in [1.165, 1.54) is 32.1 Å². The second-order valence-corrected chi connectivity index (χ2v) is 11.8. The number of rotatable bonds is 17. The van der Waals surface area contributed by atoms with Gasteiger partial charge in [-0.1, -0.05) is 140 Å². The lowest BCUT2D eigenvalue weighted by Crippen LogP contribution is -2.55. The molecule has 0 fully saturated rings. The summed E-state index contributed by atoms with van der Waals surface area (Å²) in [6, 6.07) is 18.3. The first-order valence-electron chi connectivity index (χ1n) is 14.8. The summed E-state index contributed by atoms with van der Waals surface area (Å²) in [5.74, 6) is -1.89. The van der Waals surface area contributed by atoms with Crippen molar-refractivity contribution >= 4 is 17.7 Å². The molecule has 220 valence electrons. The molecule has 0 saturated heterocycles. The highest BCUT2D eigenvalue weighted by molar-refractivity contribution is 5.91. The molecule has 2 rings (SSSR count). The monoisotopic (exact) mass is 551 g/mol. The molecule has 0 aromatic heterocycles. The maximum atomic E-state index is 13.7. The Kier molecular flexibility index (Phi) is 14.4. The highest BCUT2D eigenvalue weighted by Crippen LogP contribution is 2.26. The summed E-state index contributed by atoms with van der Waals surface area (Å²) in [7, 11) is 0. The Bertz CT molecular complexity index is 981. The first kappa shape index (κ1) is 33.0. The highest BCUT2D eigenvalue weighted by Gasteiger charge is 2.36. The van der Waals surface area contributed by atoms with E-state index in [1.807, 2.05) is 81.4 Å². The summed E-state index contributed by atoms with van der Waals surface area (Å²) in [5.41, 5.74) is 2.94. The van der Waals surface area contributed by atoms with Crippen LogP contribution in [0.1, 0.15) is 109 Å². The zero-order valence-electron chi connectivity index (χ0n) is 24.7. The lowest BCUT2D eigenvalue weighted by Gasteiger charge is -2.33. The van der Waals surface area contributed by atoms with Crippen LogP contribution in [-0.4, -0.2) is 29.0 Å². The van der Waals surface area contributed by atoms with Crippen molar-refractivity contribution in [1.29, 1.82) is 0 Å². The fourth-order valence-corrected chi connectivity index (χ4v) is 4.93. The molecule has 0 aliphatic rings. The van der Waals surface area contributed by atoms with Crippen molar-refractivity contribution in [2.45, 2.75) is 104 Å². The van der Waals surface area contributed by atoms with E-state index in [-0.39, 0.29) is 24.3 Å². The summed E-state index contributed by atoms with van der Waals surface area (Å²) in [6.45, 7) is 7.93. The minimum atomic E-state index is -0.826. The third-order valence-electron chi connectivity index (χ3n) is 7.30. The number of carbonyl (C=O) groups is 3. The van der Waals surface area contributed by atoms with Crippen LogP contribution in [0, 0.1) is 11.3 Å². The van der Waals surface area contributed by atoms with Gasteiger partial charge in [0.2, 0.25) is 17.7 Å². The van der Waals surface area contributed by atoms with Gasteiger partial charge in [-0.2, -0.15) is 0 Å². The Labute approximate surface area is 240 Å². The smallest absolute Gasteiger partial charge is 0.244 e. The lowest BCUT2D eigenvalue weighted by molar-refractivity contribution is -0.137. The van der Waals surface area contributed by atoms with E-state index in [1.54, 1.807) is 5.48 Å². The maximum Gasteiger partial charge on any atom is 0.244 e. The lowest BCUT2D eigenvalue weighted by atomic mass is 9.84. The van der Waals surface area contributed by atoms with E-state index < -0.39 is 23.3 Å². The van der Waals surface area contributed by atoms with Crippen molar-refractivity contribution in [1.82, 2.24) is 16.1 Å². The molecular weight excluding hydrogens is 502 g/mol. The topological polar surface area (TPSA) is 108 Å². The molecule has 0 saturated carbocycles. The Morgan fingerprint density at radius 3 is 1.70 bits per heavy atom. The summed E-state index contributed by atoms with van der Waals surface area (Å²) in [5, 5.41) is 15.2. The Balaban J connectivity index is 2.12. The predicted octanol–water partition coefficient (Wildman–Crippen LogP) is 6.47. The molecule has 7 nitrogen and oxygen atoms in total. The zero-order chi connectivity index (χ0) is 29.4. The third-order valence-corrected chi connectivity index (χ3v) is 7.30. The molecule has 2 aromatic carbocycles. The van der Waals surface area contributed by atoms with Crippen molar-refractivity contribution in [3.63, 3.8) is 0 Å². The number of unbranched alkanes of at least 4 members (excludes halogenated alkanes) is 7. The molecule has 2 aromatic rings. The van der Waals surface area contributed by atoms with Crippen LogP contribution >= 0.6 is 0 Å². The van der Waals surface area contributed by atoms with Crippen LogP contribution in [0.25, 0.3) is 0 Å². The van der Waals surface area contributed by atoms with E-state index in [0.717, 1.165) is 30.4 Å². The molecule has 7 heteroatoms. The fourth-order valence-electron chi connectivity index (χ4n) is 4.93. The molecule has 3 amide bonds. The van der Waals surface area contributed by atoms with Gasteiger partial charge in [0.1, 0.15) is 6.04 Å². The van der Waals surface area contributed by atoms with Gasteiger partial charge in [-0.15, -0.1) is 0 Å². The van der Waals surface area contributed by atoms with E-state index in [4.69, 9.17) is 5.21 Å². The standard InChI is InChI=1S/C33H49N3O4/c1-5-6-7-8-9-10-11-14-23-27(24-28(37)36-40)31(38)35-30(33(2,3)4)32(39)34-29(25-19-15-12-16-20-25)26-21-17-13-18-22-26/h12-13,15-22,27,29-30,40H,5-11,14,23-24H2,1-4H3,(H,34,39)(H,35,38)(H,36,37)/t27-,30-/m1/s1. The van der Waals surface area contributed by atoms with Gasteiger partial charge in [0.15, 0.2) is 0 Å². The number of hydroxylamine groups is 1. The predicted molar refractivity (Wildman–Crippen MR) is 160 cm³/mol. The number of amides is 3. The number of benzene rings is 2. The molecular formula is C33H49N3O4. The largest absolute Gasteiger partial charge is 0.344 e. The van der Waals surface area contributed by atoms with Crippen molar-refractivity contribution in [2.75, 3.05) is 0 Å². The van der Waals surface area contributed by atoms with Crippen LogP contribution in [0.5, 0.6) is 0 Å². The quantitative estimate of drug-likeness (QED) is 0.103. The van der Waals surface area contributed by atoms with E-state index in [0.29, 0.717) is 6.42 Å². The third kappa shape index (κ3) is 11.5. The molecule has 2 atom stereocenters. The average molecular weight is 552 g/mol. The van der Waals surface area contributed by atoms with Crippen LogP contribution in [0.4, 0.5) is 0 Å². The zero-order valence-corrected chi connectivity index (χ0v) is 24.7. The molecule has 40 heavy (non-hydrogen) atoms. The van der Waals surface area contributed by atoms with Gasteiger partial charge in [0.05, 0.1) is 6.04 Å². The molecule has 0 radical (unpaired) electrons. The number of hydrogen-bond donors (Lipinski definition) is 4. The first-order chi connectivity index (χ1) is 19.2. The molecule has 0 spiro atoms. The molecule has 0 heterocycles. The van der Waals surface area contributed by atoms with Crippen LogP contribution in [0.3, 0.4) is 0 Å². The van der Waals surface area contributed by atoms with Crippen molar-refractivity contribution in [3.05, 3.63) is 71.8 Å². The molecule has 0 aliphatic carbocycles. The SMILES string of the molecule is CCCCCCCCCC[C@H](CC(=O)NO)C(=O)N[C@H](C(=O)NC(c1ccccc1)c1ccccc1)C(C)(C)C. The summed E-state index contributed by atoms with van der Waals surface area (Å²) in [4.78, 5) is 39.2. The van der Waals surface area contributed by atoms with Crippen molar-refractivity contribution in [2.24, 2.45) is 11.3 Å².